The van der Waals surface area contributed by atoms with E-state index in [1.165, 1.54) is 5.56 Å². The van der Waals surface area contributed by atoms with E-state index in [1.807, 2.05) is 64.4 Å². The Hall–Kier alpha value is -4.13. The Bertz CT molecular complexity index is 1380. The minimum absolute atomic E-state index is 0.0214. The molecule has 206 valence electrons. The Morgan fingerprint density at radius 1 is 0.975 bits per heavy atom. The van der Waals surface area contributed by atoms with Gasteiger partial charge in [-0.2, -0.15) is 0 Å². The lowest BCUT2D eigenvalue weighted by molar-refractivity contribution is -0.149. The summed E-state index contributed by atoms with van der Waals surface area (Å²) in [5, 5.41) is 0. The van der Waals surface area contributed by atoms with Crippen LogP contribution in [0.15, 0.2) is 78.7 Å². The van der Waals surface area contributed by atoms with Gasteiger partial charge in [0.25, 0.3) is 11.8 Å². The largest absolute Gasteiger partial charge is 0.482 e. The SMILES string of the molecule is Cc1cccc(CN2C(=O)/C(=C\c3ccc(C(=O)N4CCN(c5ccccn5)CC4)cc3)OC3CCCCC32)c1. The van der Waals surface area contributed by atoms with Crippen molar-refractivity contribution in [2.24, 2.45) is 0 Å². The zero-order valence-electron chi connectivity index (χ0n) is 23.0. The first-order valence-electron chi connectivity index (χ1n) is 14.4. The number of aryl methyl sites for hydroxylation is 1. The van der Waals surface area contributed by atoms with Crippen molar-refractivity contribution in [3.8, 4) is 0 Å². The van der Waals surface area contributed by atoms with Crippen molar-refractivity contribution in [3.63, 3.8) is 0 Å². The molecule has 6 rings (SSSR count). The van der Waals surface area contributed by atoms with Gasteiger partial charge in [0, 0.05) is 44.5 Å². The maximum atomic E-state index is 13.6. The topological polar surface area (TPSA) is 66.0 Å². The number of carbonyl (C=O) groups is 2. The van der Waals surface area contributed by atoms with Gasteiger partial charge in [-0.3, -0.25) is 9.59 Å². The average Bonchev–Trinajstić information content (AvgIpc) is 3.00. The van der Waals surface area contributed by atoms with Gasteiger partial charge in [-0.15, -0.1) is 0 Å². The number of anilines is 1. The highest BCUT2D eigenvalue weighted by molar-refractivity contribution is 5.97. The van der Waals surface area contributed by atoms with Gasteiger partial charge in [0.1, 0.15) is 11.9 Å². The van der Waals surface area contributed by atoms with E-state index >= 15 is 0 Å². The van der Waals surface area contributed by atoms with Crippen LogP contribution in [0.4, 0.5) is 5.82 Å². The van der Waals surface area contributed by atoms with E-state index in [2.05, 4.69) is 35.0 Å². The van der Waals surface area contributed by atoms with Gasteiger partial charge in [0.15, 0.2) is 5.76 Å². The number of carbonyl (C=O) groups excluding carboxylic acids is 2. The summed E-state index contributed by atoms with van der Waals surface area (Å²) in [7, 11) is 0. The molecule has 0 radical (unpaired) electrons. The van der Waals surface area contributed by atoms with Gasteiger partial charge in [-0.25, -0.2) is 4.98 Å². The molecule has 40 heavy (non-hydrogen) atoms. The van der Waals surface area contributed by atoms with Crippen LogP contribution < -0.4 is 4.90 Å². The molecule has 3 heterocycles. The van der Waals surface area contributed by atoms with Crippen molar-refractivity contribution in [2.45, 2.75) is 51.3 Å². The molecule has 1 aromatic heterocycles. The predicted octanol–water partition coefficient (Wildman–Crippen LogP) is 5.06. The van der Waals surface area contributed by atoms with Gasteiger partial charge >= 0.3 is 0 Å². The number of benzene rings is 2. The highest BCUT2D eigenvalue weighted by atomic mass is 16.5. The number of piperazine rings is 1. The van der Waals surface area contributed by atoms with E-state index < -0.39 is 0 Å². The van der Waals surface area contributed by atoms with Gasteiger partial charge in [0.2, 0.25) is 0 Å². The Labute approximate surface area is 236 Å². The van der Waals surface area contributed by atoms with E-state index in [0.717, 1.165) is 55.7 Å². The second kappa shape index (κ2) is 11.5. The van der Waals surface area contributed by atoms with Crippen LogP contribution in [-0.4, -0.2) is 64.9 Å². The van der Waals surface area contributed by atoms with E-state index in [9.17, 15) is 9.59 Å². The van der Waals surface area contributed by atoms with E-state index in [-0.39, 0.29) is 24.0 Å². The standard InChI is InChI=1S/C33H36N4O3/c1-24-7-6-8-26(21-24)23-37-28-9-2-3-10-29(28)40-30(33(37)39)22-25-12-14-27(15-13-25)32(38)36-19-17-35(18-20-36)31-11-4-5-16-34-31/h4-8,11-16,21-22,28-29H,2-3,9-10,17-20,23H2,1H3/b30-22+. The zero-order valence-corrected chi connectivity index (χ0v) is 23.0. The van der Waals surface area contributed by atoms with Crippen LogP contribution in [0.1, 0.15) is 52.7 Å². The minimum atomic E-state index is -0.0596. The smallest absolute Gasteiger partial charge is 0.289 e. The number of hydrogen-bond donors (Lipinski definition) is 0. The molecule has 3 aromatic rings. The van der Waals surface area contributed by atoms with Crippen molar-refractivity contribution >= 4 is 23.7 Å². The van der Waals surface area contributed by atoms with E-state index in [4.69, 9.17) is 4.74 Å². The monoisotopic (exact) mass is 536 g/mol. The maximum absolute atomic E-state index is 13.6. The Balaban J connectivity index is 1.14. The molecule has 0 spiro atoms. The van der Waals surface area contributed by atoms with Crippen LogP contribution >= 0.6 is 0 Å². The highest BCUT2D eigenvalue weighted by Gasteiger charge is 2.41. The molecule has 2 aromatic carbocycles. The number of pyridine rings is 1. The molecular formula is C33H36N4O3. The normalized spacial score (nSPS) is 22.2. The summed E-state index contributed by atoms with van der Waals surface area (Å²) in [6.45, 7) is 5.49. The van der Waals surface area contributed by atoms with Crippen LogP contribution in [0, 0.1) is 6.92 Å². The molecule has 7 heteroatoms. The fraction of sp³-hybridized carbons (Fsp3) is 0.364. The number of hydrogen-bond acceptors (Lipinski definition) is 5. The van der Waals surface area contributed by atoms with Crippen molar-refractivity contribution in [2.75, 3.05) is 31.1 Å². The number of amides is 2. The Morgan fingerprint density at radius 2 is 1.77 bits per heavy atom. The number of aromatic nitrogens is 1. The summed E-state index contributed by atoms with van der Waals surface area (Å²) >= 11 is 0. The summed E-state index contributed by atoms with van der Waals surface area (Å²) in [4.78, 5) is 37.4. The van der Waals surface area contributed by atoms with Crippen LogP contribution in [0.3, 0.4) is 0 Å². The summed E-state index contributed by atoms with van der Waals surface area (Å²) in [5.41, 5.74) is 3.84. The maximum Gasteiger partial charge on any atom is 0.289 e. The molecule has 7 nitrogen and oxygen atoms in total. The first-order chi connectivity index (χ1) is 19.5. The third-order valence-corrected chi connectivity index (χ3v) is 8.25. The molecule has 3 aliphatic rings. The van der Waals surface area contributed by atoms with E-state index in [0.29, 0.717) is 31.0 Å². The minimum Gasteiger partial charge on any atom is -0.482 e. The Kier molecular flexibility index (Phi) is 7.53. The lowest BCUT2D eigenvalue weighted by Gasteiger charge is -2.44. The summed E-state index contributed by atoms with van der Waals surface area (Å²) < 4.78 is 6.30. The molecule has 2 unspecified atom stereocenters. The number of ether oxygens (including phenoxy) is 1. The van der Waals surface area contributed by atoms with Crippen LogP contribution in [-0.2, 0) is 16.1 Å². The first-order valence-corrected chi connectivity index (χ1v) is 14.4. The molecule has 3 fully saturated rings. The molecule has 2 aliphatic heterocycles. The average molecular weight is 537 g/mol. The predicted molar refractivity (Wildman–Crippen MR) is 156 cm³/mol. The summed E-state index contributed by atoms with van der Waals surface area (Å²) in [5.74, 6) is 1.30. The number of fused-ring (bicyclic) bond motifs is 1. The van der Waals surface area contributed by atoms with Gasteiger partial charge in [0.05, 0.1) is 6.04 Å². The lowest BCUT2D eigenvalue weighted by Crippen LogP contribution is -2.54. The molecule has 2 atom stereocenters. The third-order valence-electron chi connectivity index (χ3n) is 8.25. The second-order valence-electron chi connectivity index (χ2n) is 11.0. The van der Waals surface area contributed by atoms with Crippen molar-refractivity contribution < 1.29 is 14.3 Å². The quantitative estimate of drug-likeness (QED) is 0.427. The zero-order chi connectivity index (χ0) is 27.5. The van der Waals surface area contributed by atoms with Crippen LogP contribution in [0.25, 0.3) is 6.08 Å². The third kappa shape index (κ3) is 5.60. The highest BCUT2D eigenvalue weighted by Crippen LogP contribution is 2.34. The van der Waals surface area contributed by atoms with Crippen molar-refractivity contribution in [1.82, 2.24) is 14.8 Å². The molecule has 2 saturated heterocycles. The van der Waals surface area contributed by atoms with Crippen LogP contribution in [0.2, 0.25) is 0 Å². The first kappa shape index (κ1) is 26.1. The molecule has 0 N–H and O–H groups in total. The number of nitrogens with zero attached hydrogens (tertiary/aromatic N) is 4. The second-order valence-corrected chi connectivity index (χ2v) is 11.0. The summed E-state index contributed by atoms with van der Waals surface area (Å²) in [6, 6.07) is 21.9. The van der Waals surface area contributed by atoms with Crippen LogP contribution in [0.5, 0.6) is 0 Å². The molecule has 0 bridgehead atoms. The molecule has 1 aliphatic carbocycles. The van der Waals surface area contributed by atoms with Crippen molar-refractivity contribution in [3.05, 3.63) is 101 Å². The fourth-order valence-electron chi connectivity index (χ4n) is 6.10. The number of rotatable bonds is 5. The van der Waals surface area contributed by atoms with Crippen molar-refractivity contribution in [1.29, 1.82) is 0 Å². The summed E-state index contributed by atoms with van der Waals surface area (Å²) in [6.07, 6.45) is 7.82. The van der Waals surface area contributed by atoms with Gasteiger partial charge in [-0.1, -0.05) is 54.4 Å². The molecular weight excluding hydrogens is 500 g/mol. The fourth-order valence-corrected chi connectivity index (χ4v) is 6.10. The lowest BCUT2D eigenvalue weighted by atomic mass is 9.89. The molecule has 1 saturated carbocycles. The van der Waals surface area contributed by atoms with Gasteiger partial charge in [-0.05, 0) is 67.7 Å². The van der Waals surface area contributed by atoms with Gasteiger partial charge < -0.3 is 19.4 Å². The molecule has 2 amide bonds. The number of morpholine rings is 1. The van der Waals surface area contributed by atoms with E-state index in [1.54, 1.807) is 6.20 Å². The Morgan fingerprint density at radius 3 is 2.52 bits per heavy atom.